The topological polar surface area (TPSA) is 77.8 Å². The molecule has 0 aliphatic rings. The standard InChI is InChI=1S/C16H18N4O/c1-10(2)9-12(17)16-19-15(20-21-16)14-8-7-11-5-3-4-6-13(11)18-14/h3-8,10,12H,9,17H2,1-2H3/t12-/m1/s1. The van der Waals surface area contributed by atoms with Crippen LogP contribution in [0.15, 0.2) is 40.9 Å². The summed E-state index contributed by atoms with van der Waals surface area (Å²) >= 11 is 0. The molecule has 21 heavy (non-hydrogen) atoms. The van der Waals surface area contributed by atoms with Gasteiger partial charge in [-0.1, -0.05) is 43.3 Å². The maximum absolute atomic E-state index is 6.06. The Kier molecular flexibility index (Phi) is 3.66. The van der Waals surface area contributed by atoms with Crippen LogP contribution in [-0.2, 0) is 0 Å². The summed E-state index contributed by atoms with van der Waals surface area (Å²) in [6.45, 7) is 4.23. The van der Waals surface area contributed by atoms with E-state index in [0.29, 0.717) is 23.3 Å². The molecule has 0 spiro atoms. The second-order valence-corrected chi connectivity index (χ2v) is 5.58. The average molecular weight is 282 g/mol. The van der Waals surface area contributed by atoms with E-state index in [2.05, 4.69) is 29.0 Å². The zero-order valence-corrected chi connectivity index (χ0v) is 12.2. The van der Waals surface area contributed by atoms with E-state index in [0.717, 1.165) is 17.3 Å². The minimum absolute atomic E-state index is 0.230. The summed E-state index contributed by atoms with van der Waals surface area (Å²) in [4.78, 5) is 8.93. The quantitative estimate of drug-likeness (QED) is 0.794. The molecule has 3 aromatic rings. The first kappa shape index (κ1) is 13.7. The van der Waals surface area contributed by atoms with Gasteiger partial charge < -0.3 is 10.3 Å². The molecule has 0 aliphatic carbocycles. The maximum Gasteiger partial charge on any atom is 0.243 e. The second-order valence-electron chi connectivity index (χ2n) is 5.58. The Labute approximate surface area is 123 Å². The normalized spacial score (nSPS) is 13.0. The molecule has 5 nitrogen and oxygen atoms in total. The lowest BCUT2D eigenvalue weighted by Gasteiger charge is -2.08. The largest absolute Gasteiger partial charge is 0.337 e. The summed E-state index contributed by atoms with van der Waals surface area (Å²) in [5.41, 5.74) is 7.67. The number of nitrogens with two attached hydrogens (primary N) is 1. The first-order valence-electron chi connectivity index (χ1n) is 7.09. The second kappa shape index (κ2) is 5.61. The first-order chi connectivity index (χ1) is 10.1. The molecule has 0 radical (unpaired) electrons. The summed E-state index contributed by atoms with van der Waals surface area (Å²) in [6.07, 6.45) is 0.812. The molecule has 0 fully saturated rings. The maximum atomic E-state index is 6.06. The van der Waals surface area contributed by atoms with Gasteiger partial charge in [-0.2, -0.15) is 4.98 Å². The SMILES string of the molecule is CC(C)C[C@@H](N)c1nc(-c2ccc3ccccc3n2)no1. The van der Waals surface area contributed by atoms with E-state index in [1.54, 1.807) is 0 Å². The van der Waals surface area contributed by atoms with E-state index in [1.165, 1.54) is 0 Å². The monoisotopic (exact) mass is 282 g/mol. The fraction of sp³-hybridized carbons (Fsp3) is 0.312. The van der Waals surface area contributed by atoms with Crippen LogP contribution in [0.25, 0.3) is 22.4 Å². The van der Waals surface area contributed by atoms with Crippen LogP contribution in [0.5, 0.6) is 0 Å². The molecule has 0 saturated carbocycles. The lowest BCUT2D eigenvalue weighted by Crippen LogP contribution is -2.13. The van der Waals surface area contributed by atoms with Crippen LogP contribution in [0.1, 0.15) is 32.2 Å². The molecule has 5 heteroatoms. The summed E-state index contributed by atoms with van der Waals surface area (Å²) in [7, 11) is 0. The van der Waals surface area contributed by atoms with Crippen molar-refractivity contribution < 1.29 is 4.52 Å². The highest BCUT2D eigenvalue weighted by molar-refractivity contribution is 5.80. The first-order valence-corrected chi connectivity index (χ1v) is 7.09. The third-order valence-electron chi connectivity index (χ3n) is 3.31. The molecule has 0 bridgehead atoms. The lowest BCUT2D eigenvalue weighted by molar-refractivity contribution is 0.335. The Hall–Kier alpha value is -2.27. The van der Waals surface area contributed by atoms with Gasteiger partial charge in [0.1, 0.15) is 5.69 Å². The number of pyridine rings is 1. The van der Waals surface area contributed by atoms with Gasteiger partial charge in [-0.05, 0) is 24.5 Å². The third kappa shape index (κ3) is 2.92. The van der Waals surface area contributed by atoms with Crippen molar-refractivity contribution in [1.29, 1.82) is 0 Å². The Morgan fingerprint density at radius 3 is 2.71 bits per heavy atom. The lowest BCUT2D eigenvalue weighted by atomic mass is 10.0. The molecule has 1 aromatic carbocycles. The van der Waals surface area contributed by atoms with Crippen LogP contribution >= 0.6 is 0 Å². The smallest absolute Gasteiger partial charge is 0.243 e. The highest BCUT2D eigenvalue weighted by atomic mass is 16.5. The number of nitrogens with zero attached hydrogens (tertiary/aromatic N) is 3. The van der Waals surface area contributed by atoms with E-state index < -0.39 is 0 Å². The van der Waals surface area contributed by atoms with E-state index in [9.17, 15) is 0 Å². The van der Waals surface area contributed by atoms with Gasteiger partial charge >= 0.3 is 0 Å². The summed E-state index contributed by atoms with van der Waals surface area (Å²) < 4.78 is 5.27. The number of rotatable bonds is 4. The molecule has 0 saturated heterocycles. The summed E-state index contributed by atoms with van der Waals surface area (Å²) in [6, 6.07) is 11.6. The van der Waals surface area contributed by atoms with Crippen LogP contribution in [0.2, 0.25) is 0 Å². The number of aromatic nitrogens is 3. The summed E-state index contributed by atoms with van der Waals surface area (Å²) in [5.74, 6) is 1.43. The Bertz CT molecular complexity index is 751. The molecule has 3 rings (SSSR count). The van der Waals surface area contributed by atoms with Crippen molar-refractivity contribution in [3.8, 4) is 11.5 Å². The van der Waals surface area contributed by atoms with E-state index >= 15 is 0 Å². The van der Waals surface area contributed by atoms with Crippen molar-refractivity contribution in [3.05, 3.63) is 42.3 Å². The molecule has 1 atom stereocenters. The Balaban J connectivity index is 1.90. The molecule has 2 heterocycles. The molecule has 2 aromatic heterocycles. The molecule has 2 N–H and O–H groups in total. The van der Waals surface area contributed by atoms with Crippen molar-refractivity contribution in [2.24, 2.45) is 11.7 Å². The van der Waals surface area contributed by atoms with Crippen molar-refractivity contribution in [2.75, 3.05) is 0 Å². The Morgan fingerprint density at radius 1 is 1.10 bits per heavy atom. The van der Waals surface area contributed by atoms with Crippen LogP contribution in [0, 0.1) is 5.92 Å². The van der Waals surface area contributed by atoms with Crippen molar-refractivity contribution in [2.45, 2.75) is 26.3 Å². The third-order valence-corrected chi connectivity index (χ3v) is 3.31. The van der Waals surface area contributed by atoms with E-state index in [1.807, 2.05) is 36.4 Å². The fourth-order valence-electron chi connectivity index (χ4n) is 2.29. The number of hydrogen-bond donors (Lipinski definition) is 1. The highest BCUT2D eigenvalue weighted by Gasteiger charge is 2.17. The van der Waals surface area contributed by atoms with Crippen LogP contribution in [0.4, 0.5) is 0 Å². The number of hydrogen-bond acceptors (Lipinski definition) is 5. The average Bonchev–Trinajstić information content (AvgIpc) is 2.96. The minimum atomic E-state index is -0.230. The van der Waals surface area contributed by atoms with Gasteiger partial charge in [0.05, 0.1) is 11.6 Å². The molecule has 0 amide bonds. The predicted molar refractivity (Wildman–Crippen MR) is 81.4 cm³/mol. The molecule has 0 aliphatic heterocycles. The van der Waals surface area contributed by atoms with Gasteiger partial charge in [0, 0.05) is 5.39 Å². The molecular weight excluding hydrogens is 264 g/mol. The molecular formula is C16H18N4O. The minimum Gasteiger partial charge on any atom is -0.337 e. The number of fused-ring (bicyclic) bond motifs is 1. The predicted octanol–water partition coefficient (Wildman–Crippen LogP) is 3.33. The Morgan fingerprint density at radius 2 is 1.90 bits per heavy atom. The van der Waals surface area contributed by atoms with Gasteiger partial charge in [0.15, 0.2) is 0 Å². The van der Waals surface area contributed by atoms with Gasteiger partial charge in [-0.15, -0.1) is 0 Å². The van der Waals surface area contributed by atoms with Crippen molar-refractivity contribution in [1.82, 2.24) is 15.1 Å². The van der Waals surface area contributed by atoms with Crippen LogP contribution in [0.3, 0.4) is 0 Å². The number of para-hydroxylation sites is 1. The highest BCUT2D eigenvalue weighted by Crippen LogP contribution is 2.22. The number of benzene rings is 1. The van der Waals surface area contributed by atoms with Crippen LogP contribution in [-0.4, -0.2) is 15.1 Å². The van der Waals surface area contributed by atoms with E-state index in [-0.39, 0.29) is 6.04 Å². The van der Waals surface area contributed by atoms with Gasteiger partial charge in [-0.25, -0.2) is 4.98 Å². The van der Waals surface area contributed by atoms with Crippen LogP contribution < -0.4 is 5.73 Å². The zero-order chi connectivity index (χ0) is 14.8. The van der Waals surface area contributed by atoms with Gasteiger partial charge in [-0.3, -0.25) is 0 Å². The van der Waals surface area contributed by atoms with E-state index in [4.69, 9.17) is 10.3 Å². The molecule has 108 valence electrons. The fourth-order valence-corrected chi connectivity index (χ4v) is 2.29. The van der Waals surface area contributed by atoms with Gasteiger partial charge in [0.2, 0.25) is 11.7 Å². The zero-order valence-electron chi connectivity index (χ0n) is 12.2. The van der Waals surface area contributed by atoms with Gasteiger partial charge in [0.25, 0.3) is 0 Å². The van der Waals surface area contributed by atoms with Crippen molar-refractivity contribution >= 4 is 10.9 Å². The molecule has 0 unspecified atom stereocenters. The van der Waals surface area contributed by atoms with Crippen molar-refractivity contribution in [3.63, 3.8) is 0 Å². The summed E-state index contributed by atoms with van der Waals surface area (Å²) in [5, 5.41) is 5.08.